The van der Waals surface area contributed by atoms with E-state index in [9.17, 15) is 9.59 Å². The summed E-state index contributed by atoms with van der Waals surface area (Å²) in [6, 6.07) is 10.0. The van der Waals surface area contributed by atoms with Gasteiger partial charge < -0.3 is 4.90 Å². The van der Waals surface area contributed by atoms with Gasteiger partial charge in [0.2, 0.25) is 11.8 Å². The third kappa shape index (κ3) is 4.45. The molecule has 0 atom stereocenters. The molecule has 0 saturated carbocycles. The number of anilines is 1. The van der Waals surface area contributed by atoms with E-state index in [0.29, 0.717) is 13.0 Å². The molecular weight excluding hydrogens is 334 g/mol. The number of aromatic nitrogens is 1. The van der Waals surface area contributed by atoms with E-state index >= 15 is 0 Å². The van der Waals surface area contributed by atoms with Crippen molar-refractivity contribution in [3.05, 3.63) is 47.0 Å². The maximum absolute atomic E-state index is 12.7. The summed E-state index contributed by atoms with van der Waals surface area (Å²) in [7, 11) is 0. The molecule has 1 fully saturated rings. The van der Waals surface area contributed by atoms with Crippen LogP contribution in [0.2, 0.25) is 0 Å². The van der Waals surface area contributed by atoms with Crippen LogP contribution in [0, 0.1) is 0 Å². The van der Waals surface area contributed by atoms with Crippen LogP contribution in [-0.4, -0.2) is 34.8 Å². The van der Waals surface area contributed by atoms with Crippen LogP contribution in [0.25, 0.3) is 0 Å². The van der Waals surface area contributed by atoms with Crippen LogP contribution in [0.3, 0.4) is 0 Å². The van der Waals surface area contributed by atoms with E-state index in [2.05, 4.69) is 11.9 Å². The van der Waals surface area contributed by atoms with Crippen molar-refractivity contribution in [1.29, 1.82) is 0 Å². The molecule has 1 aliphatic heterocycles. The largest absolute Gasteiger partial charge is 0.338 e. The Kier molecular flexibility index (Phi) is 5.81. The number of carbonyl (C=O) groups is 2. The fourth-order valence-corrected chi connectivity index (χ4v) is 3.85. The van der Waals surface area contributed by atoms with Crippen LogP contribution in [0.15, 0.2) is 35.7 Å². The first-order valence-electron chi connectivity index (χ1n) is 8.74. The smallest absolute Gasteiger partial charge is 0.228 e. The minimum Gasteiger partial charge on any atom is -0.338 e. The number of rotatable bonds is 7. The van der Waals surface area contributed by atoms with Crippen LogP contribution >= 0.6 is 11.3 Å². The summed E-state index contributed by atoms with van der Waals surface area (Å²) in [5, 5.41) is 2.61. The lowest BCUT2D eigenvalue weighted by Gasteiger charge is -2.22. The Labute approximate surface area is 152 Å². The summed E-state index contributed by atoms with van der Waals surface area (Å²) in [6.45, 7) is 4.16. The second-order valence-corrected chi connectivity index (χ2v) is 7.08. The third-order valence-electron chi connectivity index (χ3n) is 4.24. The maximum Gasteiger partial charge on any atom is 0.228 e. The molecule has 5 nitrogen and oxygen atoms in total. The van der Waals surface area contributed by atoms with Crippen molar-refractivity contribution >= 4 is 28.3 Å². The van der Waals surface area contributed by atoms with Gasteiger partial charge in [-0.2, -0.15) is 0 Å². The third-order valence-corrected chi connectivity index (χ3v) is 5.15. The standard InChI is InChI=1S/C19H23N3O2S/c1-2-10-21(13-15-7-4-3-5-8-15)18(24)12-16-14-25-19(20-16)22-11-6-9-17(22)23/h3-5,7-8,14H,2,6,9-13H2,1H3. The number of thiazole rings is 1. The zero-order valence-corrected chi connectivity index (χ0v) is 15.3. The lowest BCUT2D eigenvalue weighted by molar-refractivity contribution is -0.131. The lowest BCUT2D eigenvalue weighted by Crippen LogP contribution is -2.32. The first kappa shape index (κ1) is 17.6. The molecule has 1 saturated heterocycles. The van der Waals surface area contributed by atoms with E-state index in [-0.39, 0.29) is 18.2 Å². The van der Waals surface area contributed by atoms with Crippen molar-refractivity contribution in [2.24, 2.45) is 0 Å². The van der Waals surface area contributed by atoms with E-state index in [1.54, 1.807) is 4.90 Å². The highest BCUT2D eigenvalue weighted by molar-refractivity contribution is 7.14. The number of carbonyl (C=O) groups excluding carboxylic acids is 2. The number of hydrogen-bond donors (Lipinski definition) is 0. The van der Waals surface area contributed by atoms with Gasteiger partial charge in [-0.15, -0.1) is 11.3 Å². The molecule has 1 aromatic carbocycles. The van der Waals surface area contributed by atoms with Gasteiger partial charge in [0.25, 0.3) is 0 Å². The average Bonchev–Trinajstić information content (AvgIpc) is 3.24. The second kappa shape index (κ2) is 8.25. The highest BCUT2D eigenvalue weighted by Crippen LogP contribution is 2.25. The van der Waals surface area contributed by atoms with Gasteiger partial charge in [0.1, 0.15) is 0 Å². The molecule has 25 heavy (non-hydrogen) atoms. The number of amides is 2. The molecule has 2 heterocycles. The maximum atomic E-state index is 12.7. The molecule has 0 radical (unpaired) electrons. The fourth-order valence-electron chi connectivity index (χ4n) is 2.98. The predicted molar refractivity (Wildman–Crippen MR) is 99.6 cm³/mol. The van der Waals surface area contributed by atoms with Gasteiger partial charge in [-0.3, -0.25) is 14.5 Å². The molecule has 2 amide bonds. The molecule has 0 aliphatic carbocycles. The van der Waals surface area contributed by atoms with Gasteiger partial charge in [0.05, 0.1) is 12.1 Å². The predicted octanol–water partition coefficient (Wildman–Crippen LogP) is 3.25. The Hall–Kier alpha value is -2.21. The van der Waals surface area contributed by atoms with Crippen LogP contribution in [-0.2, 0) is 22.6 Å². The number of benzene rings is 1. The molecule has 3 rings (SSSR count). The lowest BCUT2D eigenvalue weighted by atomic mass is 10.2. The Morgan fingerprint density at radius 2 is 2.12 bits per heavy atom. The van der Waals surface area contributed by atoms with E-state index in [4.69, 9.17) is 0 Å². The van der Waals surface area contributed by atoms with Crippen LogP contribution in [0.4, 0.5) is 5.13 Å². The summed E-state index contributed by atoms with van der Waals surface area (Å²) in [4.78, 5) is 32.7. The van der Waals surface area contributed by atoms with Crippen LogP contribution in [0.5, 0.6) is 0 Å². The summed E-state index contributed by atoms with van der Waals surface area (Å²) in [5.74, 6) is 0.208. The van der Waals surface area contributed by atoms with Crippen molar-refractivity contribution in [2.75, 3.05) is 18.0 Å². The zero-order chi connectivity index (χ0) is 17.6. The quantitative estimate of drug-likeness (QED) is 0.764. The first-order chi connectivity index (χ1) is 12.2. The van der Waals surface area contributed by atoms with Crippen molar-refractivity contribution < 1.29 is 9.59 Å². The Balaban J connectivity index is 1.65. The zero-order valence-electron chi connectivity index (χ0n) is 14.5. The second-order valence-electron chi connectivity index (χ2n) is 6.25. The van der Waals surface area contributed by atoms with Crippen LogP contribution < -0.4 is 4.90 Å². The molecule has 6 heteroatoms. The van der Waals surface area contributed by atoms with Gasteiger partial charge in [-0.25, -0.2) is 4.98 Å². The highest BCUT2D eigenvalue weighted by Gasteiger charge is 2.24. The van der Waals surface area contributed by atoms with Crippen molar-refractivity contribution in [3.8, 4) is 0 Å². The van der Waals surface area contributed by atoms with Crippen LogP contribution in [0.1, 0.15) is 37.4 Å². The number of nitrogens with zero attached hydrogens (tertiary/aromatic N) is 3. The molecule has 132 valence electrons. The molecule has 1 aliphatic rings. The minimum atomic E-state index is 0.0790. The summed E-state index contributed by atoms with van der Waals surface area (Å²) < 4.78 is 0. The summed E-state index contributed by atoms with van der Waals surface area (Å²) in [5.41, 5.74) is 1.88. The Morgan fingerprint density at radius 3 is 2.80 bits per heavy atom. The van der Waals surface area contributed by atoms with E-state index in [1.165, 1.54) is 11.3 Å². The molecule has 0 unspecified atom stereocenters. The van der Waals surface area contributed by atoms with E-state index in [0.717, 1.165) is 42.3 Å². The summed E-state index contributed by atoms with van der Waals surface area (Å²) >= 11 is 1.44. The van der Waals surface area contributed by atoms with E-state index < -0.39 is 0 Å². The van der Waals surface area contributed by atoms with Crippen molar-refractivity contribution in [3.63, 3.8) is 0 Å². The molecule has 0 N–H and O–H groups in total. The molecule has 2 aromatic rings. The van der Waals surface area contributed by atoms with E-state index in [1.807, 2.05) is 40.6 Å². The monoisotopic (exact) mass is 357 g/mol. The molecule has 1 aromatic heterocycles. The van der Waals surface area contributed by atoms with Gasteiger partial charge in [0.15, 0.2) is 5.13 Å². The van der Waals surface area contributed by atoms with Crippen molar-refractivity contribution in [2.45, 2.75) is 39.2 Å². The first-order valence-corrected chi connectivity index (χ1v) is 9.62. The SMILES string of the molecule is CCCN(Cc1ccccc1)C(=O)Cc1csc(N2CCCC2=O)n1. The Bertz CT molecular complexity index is 729. The normalized spacial score (nSPS) is 14.1. The molecular formula is C19H23N3O2S. The molecule has 0 bridgehead atoms. The molecule has 0 spiro atoms. The van der Waals surface area contributed by atoms with Gasteiger partial charge in [-0.05, 0) is 18.4 Å². The number of hydrogen-bond acceptors (Lipinski definition) is 4. The minimum absolute atomic E-state index is 0.0790. The summed E-state index contributed by atoms with van der Waals surface area (Å²) in [6.07, 6.45) is 2.68. The average molecular weight is 357 g/mol. The highest BCUT2D eigenvalue weighted by atomic mass is 32.1. The van der Waals surface area contributed by atoms with Gasteiger partial charge in [0, 0.05) is 31.4 Å². The Morgan fingerprint density at radius 1 is 1.32 bits per heavy atom. The van der Waals surface area contributed by atoms with Crippen molar-refractivity contribution in [1.82, 2.24) is 9.88 Å². The topological polar surface area (TPSA) is 53.5 Å². The van der Waals surface area contributed by atoms with Gasteiger partial charge in [-0.1, -0.05) is 37.3 Å². The van der Waals surface area contributed by atoms with Gasteiger partial charge >= 0.3 is 0 Å². The fraction of sp³-hybridized carbons (Fsp3) is 0.421.